The zero-order valence-corrected chi connectivity index (χ0v) is 21.9. The predicted octanol–water partition coefficient (Wildman–Crippen LogP) is 3.58. The molecule has 1 N–H and O–H groups in total. The number of likely N-dealkylation sites (tertiary alicyclic amines) is 1. The fraction of sp³-hybridized carbons (Fsp3) is 0.440. The van der Waals surface area contributed by atoms with Crippen molar-refractivity contribution in [3.63, 3.8) is 0 Å². The smallest absolute Gasteiger partial charge is 0.222 e. The number of halogens is 1. The largest absolute Gasteiger partial charge is 0.493 e. The molecular formula is C25H33IN4O3. The minimum Gasteiger partial charge on any atom is -0.493 e. The summed E-state index contributed by atoms with van der Waals surface area (Å²) in [6.07, 6.45) is 2.59. The van der Waals surface area contributed by atoms with E-state index in [0.717, 1.165) is 49.9 Å². The Kier molecular flexibility index (Phi) is 8.82. The van der Waals surface area contributed by atoms with Gasteiger partial charge in [0.2, 0.25) is 5.91 Å². The first kappa shape index (κ1) is 25.1. The van der Waals surface area contributed by atoms with E-state index < -0.39 is 0 Å². The molecule has 178 valence electrons. The van der Waals surface area contributed by atoms with Crippen LogP contribution in [0.3, 0.4) is 0 Å². The third-order valence-corrected chi connectivity index (χ3v) is 6.25. The fourth-order valence-corrected chi connectivity index (χ4v) is 4.43. The minimum absolute atomic E-state index is 0. The number of fused-ring (bicyclic) bond motifs is 1. The van der Waals surface area contributed by atoms with Gasteiger partial charge >= 0.3 is 0 Å². The summed E-state index contributed by atoms with van der Waals surface area (Å²) in [5.74, 6) is 2.68. The van der Waals surface area contributed by atoms with Gasteiger partial charge in [-0.05, 0) is 47.2 Å². The first-order valence-corrected chi connectivity index (χ1v) is 11.2. The highest BCUT2D eigenvalue weighted by molar-refractivity contribution is 14.0. The second-order valence-electron chi connectivity index (χ2n) is 8.28. The first-order chi connectivity index (χ1) is 15.6. The molecule has 0 atom stereocenters. The summed E-state index contributed by atoms with van der Waals surface area (Å²) in [7, 11) is 5.16. The van der Waals surface area contributed by atoms with Gasteiger partial charge in [0.25, 0.3) is 0 Å². The van der Waals surface area contributed by atoms with Gasteiger partial charge in [0, 0.05) is 46.2 Å². The number of methoxy groups -OCH3 is 2. The molecule has 7 nitrogen and oxygen atoms in total. The predicted molar refractivity (Wildman–Crippen MR) is 140 cm³/mol. The Bertz CT molecular complexity index is 994. The summed E-state index contributed by atoms with van der Waals surface area (Å²) in [5.41, 5.74) is 4.89. The molecule has 1 saturated heterocycles. The maximum absolute atomic E-state index is 11.8. The van der Waals surface area contributed by atoms with E-state index >= 15 is 0 Å². The number of hydrogen-bond acceptors (Lipinski definition) is 4. The van der Waals surface area contributed by atoms with Crippen LogP contribution in [0.1, 0.15) is 35.1 Å². The number of nitrogens with one attached hydrogen (secondary N) is 1. The molecule has 33 heavy (non-hydrogen) atoms. The Balaban J connectivity index is 0.00000306. The molecule has 2 aromatic rings. The van der Waals surface area contributed by atoms with Crippen LogP contribution in [0.25, 0.3) is 0 Å². The lowest BCUT2D eigenvalue weighted by molar-refractivity contribution is -0.128. The average molecular weight is 564 g/mol. The van der Waals surface area contributed by atoms with Gasteiger partial charge in [-0.25, -0.2) is 0 Å². The molecule has 0 aliphatic carbocycles. The number of rotatable bonds is 6. The molecule has 0 aromatic heterocycles. The number of guanidine groups is 1. The lowest BCUT2D eigenvalue weighted by atomic mass is 9.99. The van der Waals surface area contributed by atoms with Gasteiger partial charge in [-0.15, -0.1) is 24.0 Å². The number of nitrogens with zero attached hydrogens (tertiary/aromatic N) is 3. The van der Waals surface area contributed by atoms with E-state index in [1.807, 2.05) is 11.9 Å². The van der Waals surface area contributed by atoms with Crippen LogP contribution in [0.15, 0.2) is 41.4 Å². The summed E-state index contributed by atoms with van der Waals surface area (Å²) in [6, 6.07) is 12.6. The fourth-order valence-electron chi connectivity index (χ4n) is 4.43. The van der Waals surface area contributed by atoms with Crippen molar-refractivity contribution >= 4 is 35.8 Å². The van der Waals surface area contributed by atoms with E-state index in [2.05, 4.69) is 51.6 Å². The highest BCUT2D eigenvalue weighted by Gasteiger charge is 2.22. The molecule has 1 fully saturated rings. The Morgan fingerprint density at radius 1 is 1.00 bits per heavy atom. The minimum atomic E-state index is 0. The normalized spacial score (nSPS) is 15.7. The lowest BCUT2D eigenvalue weighted by Crippen LogP contribution is -2.43. The number of benzene rings is 2. The second kappa shape index (κ2) is 11.6. The average Bonchev–Trinajstić information content (AvgIpc) is 3.23. The molecule has 1 amide bonds. The molecular weight excluding hydrogens is 531 g/mol. The van der Waals surface area contributed by atoms with Crippen LogP contribution < -0.4 is 14.8 Å². The monoisotopic (exact) mass is 564 g/mol. The number of carbonyl (C=O) groups is 1. The number of aliphatic imine (C=N–C) groups is 1. The van der Waals surface area contributed by atoms with Crippen LogP contribution in [-0.4, -0.2) is 56.0 Å². The summed E-state index contributed by atoms with van der Waals surface area (Å²) in [6.45, 7) is 3.94. The van der Waals surface area contributed by atoms with Gasteiger partial charge in [0.15, 0.2) is 17.5 Å². The van der Waals surface area contributed by atoms with Crippen LogP contribution in [0.2, 0.25) is 0 Å². The number of hydrogen-bond donors (Lipinski definition) is 1. The molecule has 2 aromatic carbocycles. The zero-order valence-electron chi connectivity index (χ0n) is 19.6. The number of ether oxygens (including phenoxy) is 2. The standard InChI is InChI=1S/C25H32N4O3.HI/c1-26-25(29-12-10-20-13-22(31-2)23(32-3)14-21(20)17-29)27-15-18-6-8-19(9-7-18)16-28-11-4-5-24(28)30;/h6-9,13-14H,4-5,10-12,15-17H2,1-3H3,(H,26,27);1H. The van der Waals surface area contributed by atoms with Gasteiger partial charge in [0.05, 0.1) is 14.2 Å². The van der Waals surface area contributed by atoms with Crippen molar-refractivity contribution in [1.82, 2.24) is 15.1 Å². The third kappa shape index (κ3) is 5.90. The zero-order chi connectivity index (χ0) is 22.5. The molecule has 0 unspecified atom stereocenters. The van der Waals surface area contributed by atoms with Crippen molar-refractivity contribution in [2.24, 2.45) is 4.99 Å². The second-order valence-corrected chi connectivity index (χ2v) is 8.28. The molecule has 2 aliphatic rings. The summed E-state index contributed by atoms with van der Waals surface area (Å²) >= 11 is 0. The van der Waals surface area contributed by atoms with Crippen molar-refractivity contribution in [3.05, 3.63) is 58.7 Å². The maximum atomic E-state index is 11.8. The molecule has 8 heteroatoms. The Morgan fingerprint density at radius 2 is 1.67 bits per heavy atom. The maximum Gasteiger partial charge on any atom is 0.222 e. The van der Waals surface area contributed by atoms with E-state index in [9.17, 15) is 4.79 Å². The van der Waals surface area contributed by atoms with Crippen LogP contribution in [0.4, 0.5) is 0 Å². The van der Waals surface area contributed by atoms with Crippen molar-refractivity contribution in [2.75, 3.05) is 34.4 Å². The molecule has 0 bridgehead atoms. The summed E-state index contributed by atoms with van der Waals surface area (Å²) in [4.78, 5) is 20.5. The van der Waals surface area contributed by atoms with Gasteiger partial charge in [0.1, 0.15) is 0 Å². The molecule has 4 rings (SSSR count). The SMILES string of the molecule is CN=C(NCc1ccc(CN2CCCC2=O)cc1)N1CCc2cc(OC)c(OC)cc2C1.I. The molecule has 2 aliphatic heterocycles. The Hall–Kier alpha value is -2.49. The Labute approximate surface area is 213 Å². The van der Waals surface area contributed by atoms with Crippen molar-refractivity contribution in [3.8, 4) is 11.5 Å². The summed E-state index contributed by atoms with van der Waals surface area (Å²) < 4.78 is 10.9. The van der Waals surface area contributed by atoms with E-state index in [1.165, 1.54) is 22.3 Å². The number of carbonyl (C=O) groups excluding carboxylic acids is 1. The third-order valence-electron chi connectivity index (χ3n) is 6.25. The van der Waals surface area contributed by atoms with Gasteiger partial charge in [-0.2, -0.15) is 0 Å². The van der Waals surface area contributed by atoms with Crippen LogP contribution in [0.5, 0.6) is 11.5 Å². The van der Waals surface area contributed by atoms with Crippen LogP contribution >= 0.6 is 24.0 Å². The lowest BCUT2D eigenvalue weighted by Gasteiger charge is -2.32. The van der Waals surface area contributed by atoms with Crippen LogP contribution in [-0.2, 0) is 30.8 Å². The van der Waals surface area contributed by atoms with E-state index in [1.54, 1.807) is 14.2 Å². The van der Waals surface area contributed by atoms with Crippen molar-refractivity contribution < 1.29 is 14.3 Å². The van der Waals surface area contributed by atoms with Gasteiger partial charge in [-0.3, -0.25) is 9.79 Å². The van der Waals surface area contributed by atoms with E-state index in [-0.39, 0.29) is 29.9 Å². The number of amides is 1. The van der Waals surface area contributed by atoms with Crippen LogP contribution in [0, 0.1) is 0 Å². The summed E-state index contributed by atoms with van der Waals surface area (Å²) in [5, 5.41) is 3.49. The highest BCUT2D eigenvalue weighted by atomic mass is 127. The van der Waals surface area contributed by atoms with Crippen molar-refractivity contribution in [2.45, 2.75) is 38.9 Å². The van der Waals surface area contributed by atoms with E-state index in [0.29, 0.717) is 19.5 Å². The molecule has 0 radical (unpaired) electrons. The highest BCUT2D eigenvalue weighted by Crippen LogP contribution is 2.33. The molecule has 0 spiro atoms. The molecule has 2 heterocycles. The first-order valence-electron chi connectivity index (χ1n) is 11.2. The quantitative estimate of drug-likeness (QED) is 0.330. The van der Waals surface area contributed by atoms with Gasteiger partial charge < -0.3 is 24.6 Å². The Morgan fingerprint density at radius 3 is 2.27 bits per heavy atom. The van der Waals surface area contributed by atoms with Gasteiger partial charge in [-0.1, -0.05) is 24.3 Å². The topological polar surface area (TPSA) is 66.4 Å². The van der Waals surface area contributed by atoms with E-state index in [4.69, 9.17) is 9.47 Å². The van der Waals surface area contributed by atoms with Crippen molar-refractivity contribution in [1.29, 1.82) is 0 Å². The molecule has 0 saturated carbocycles.